The van der Waals surface area contributed by atoms with Gasteiger partial charge in [0, 0.05) is 58.8 Å². The highest BCUT2D eigenvalue weighted by Crippen LogP contribution is 2.33. The number of amides is 2. The van der Waals surface area contributed by atoms with Gasteiger partial charge in [-0.3, -0.25) is 14.5 Å². The van der Waals surface area contributed by atoms with Crippen molar-refractivity contribution < 1.29 is 19.1 Å². The smallest absolute Gasteiger partial charge is 0.227 e. The zero-order valence-electron chi connectivity index (χ0n) is 20.4. The molecule has 4 rings (SSSR count). The van der Waals surface area contributed by atoms with E-state index < -0.39 is 0 Å². The van der Waals surface area contributed by atoms with Crippen molar-refractivity contribution in [3.63, 3.8) is 0 Å². The first kappa shape index (κ1) is 24.1. The Morgan fingerprint density at radius 2 is 1.50 bits per heavy atom. The molecule has 0 radical (unpaired) electrons. The number of carbonyl (C=O) groups excluding carboxylic acids is 2. The van der Waals surface area contributed by atoms with Crippen molar-refractivity contribution >= 4 is 11.8 Å². The van der Waals surface area contributed by atoms with Crippen LogP contribution in [0.1, 0.15) is 30.4 Å². The van der Waals surface area contributed by atoms with E-state index in [1.54, 1.807) is 21.1 Å². The van der Waals surface area contributed by atoms with Gasteiger partial charge in [-0.05, 0) is 35.6 Å². The summed E-state index contributed by atoms with van der Waals surface area (Å²) in [6.07, 6.45) is 0.841. The number of rotatable bonds is 6. The molecule has 2 heterocycles. The molecule has 0 aliphatic carbocycles. The zero-order valence-corrected chi connectivity index (χ0v) is 20.4. The molecule has 0 bridgehead atoms. The van der Waals surface area contributed by atoms with Crippen LogP contribution < -0.4 is 9.47 Å². The summed E-state index contributed by atoms with van der Waals surface area (Å²) in [6.45, 7) is 6.37. The topological polar surface area (TPSA) is 62.3 Å². The van der Waals surface area contributed by atoms with Gasteiger partial charge in [0.2, 0.25) is 11.8 Å². The molecule has 2 atom stereocenters. The van der Waals surface area contributed by atoms with Crippen LogP contribution in [0.15, 0.2) is 48.5 Å². The number of hydrogen-bond donors (Lipinski definition) is 0. The zero-order chi connectivity index (χ0) is 24.1. The maximum Gasteiger partial charge on any atom is 0.227 e. The number of hydrogen-bond acceptors (Lipinski definition) is 5. The molecule has 182 valence electrons. The van der Waals surface area contributed by atoms with Crippen molar-refractivity contribution in [3.8, 4) is 11.5 Å². The number of piperazine rings is 1. The van der Waals surface area contributed by atoms with Crippen molar-refractivity contribution in [2.24, 2.45) is 5.92 Å². The average Bonchev–Trinajstić information content (AvgIpc) is 2.88. The molecule has 2 saturated heterocycles. The van der Waals surface area contributed by atoms with Crippen molar-refractivity contribution in [2.45, 2.75) is 25.8 Å². The number of piperidine rings is 1. The largest absolute Gasteiger partial charge is 0.497 e. The SMILES string of the molecule is COc1cc(CN2CC(C(=O)N3CCN(C(C)=O)CC3)CC(c3ccccc3)C2)cc(OC)c1. The summed E-state index contributed by atoms with van der Waals surface area (Å²) in [5.41, 5.74) is 2.38. The molecule has 0 spiro atoms. The fourth-order valence-corrected chi connectivity index (χ4v) is 5.18. The lowest BCUT2D eigenvalue weighted by molar-refractivity contribution is -0.143. The van der Waals surface area contributed by atoms with Gasteiger partial charge in [-0.25, -0.2) is 0 Å². The first-order valence-electron chi connectivity index (χ1n) is 12.0. The number of carbonyl (C=O) groups is 2. The van der Waals surface area contributed by atoms with E-state index in [0.29, 0.717) is 32.7 Å². The maximum atomic E-state index is 13.6. The van der Waals surface area contributed by atoms with Gasteiger partial charge in [0.05, 0.1) is 20.1 Å². The predicted octanol–water partition coefficient (Wildman–Crippen LogP) is 3.00. The third-order valence-electron chi connectivity index (χ3n) is 7.00. The minimum atomic E-state index is -0.0738. The third kappa shape index (κ3) is 5.70. The van der Waals surface area contributed by atoms with Crippen LogP contribution in [0.5, 0.6) is 11.5 Å². The Morgan fingerprint density at radius 3 is 2.09 bits per heavy atom. The van der Waals surface area contributed by atoms with E-state index in [9.17, 15) is 9.59 Å². The second kappa shape index (κ2) is 10.9. The second-order valence-electron chi connectivity index (χ2n) is 9.29. The van der Waals surface area contributed by atoms with E-state index in [1.807, 2.05) is 34.1 Å². The highest BCUT2D eigenvalue weighted by Gasteiger charge is 2.35. The number of benzene rings is 2. The van der Waals surface area contributed by atoms with Crippen LogP contribution in [0.25, 0.3) is 0 Å². The van der Waals surface area contributed by atoms with Gasteiger partial charge in [-0.15, -0.1) is 0 Å². The number of ether oxygens (including phenoxy) is 2. The van der Waals surface area contributed by atoms with Crippen LogP contribution in [0, 0.1) is 5.92 Å². The molecule has 2 aromatic carbocycles. The summed E-state index contributed by atoms with van der Waals surface area (Å²) in [4.78, 5) is 31.4. The average molecular weight is 466 g/mol. The molecule has 2 aliphatic rings. The molecule has 2 fully saturated rings. The predicted molar refractivity (Wildman–Crippen MR) is 131 cm³/mol. The molecule has 34 heavy (non-hydrogen) atoms. The van der Waals surface area contributed by atoms with Gasteiger partial charge >= 0.3 is 0 Å². The fraction of sp³-hybridized carbons (Fsp3) is 0.481. The molecule has 2 aliphatic heterocycles. The first-order chi connectivity index (χ1) is 16.5. The lowest BCUT2D eigenvalue weighted by Crippen LogP contribution is -2.53. The lowest BCUT2D eigenvalue weighted by Gasteiger charge is -2.41. The van der Waals surface area contributed by atoms with Crippen LogP contribution in [0.4, 0.5) is 0 Å². The summed E-state index contributed by atoms with van der Waals surface area (Å²) in [5, 5.41) is 0. The Bertz CT molecular complexity index is 966. The van der Waals surface area contributed by atoms with Crippen LogP contribution in [0.2, 0.25) is 0 Å². The molecule has 2 unspecified atom stereocenters. The molecule has 2 aromatic rings. The summed E-state index contributed by atoms with van der Waals surface area (Å²) >= 11 is 0. The molecule has 0 N–H and O–H groups in total. The normalized spacial score (nSPS) is 21.3. The van der Waals surface area contributed by atoms with Gasteiger partial charge in [0.1, 0.15) is 11.5 Å². The van der Waals surface area contributed by atoms with Crippen molar-refractivity contribution in [1.82, 2.24) is 14.7 Å². The van der Waals surface area contributed by atoms with Crippen LogP contribution in [-0.4, -0.2) is 80.0 Å². The minimum Gasteiger partial charge on any atom is -0.497 e. The van der Waals surface area contributed by atoms with Crippen molar-refractivity contribution in [2.75, 3.05) is 53.5 Å². The highest BCUT2D eigenvalue weighted by molar-refractivity contribution is 5.80. The summed E-state index contributed by atoms with van der Waals surface area (Å²) in [5.74, 6) is 2.03. The third-order valence-corrected chi connectivity index (χ3v) is 7.00. The lowest BCUT2D eigenvalue weighted by atomic mass is 9.83. The maximum absolute atomic E-state index is 13.6. The molecular weight excluding hydrogens is 430 g/mol. The minimum absolute atomic E-state index is 0.0738. The molecule has 0 aromatic heterocycles. The van der Waals surface area contributed by atoms with Gasteiger partial charge < -0.3 is 19.3 Å². The number of methoxy groups -OCH3 is 2. The van der Waals surface area contributed by atoms with Crippen LogP contribution in [0.3, 0.4) is 0 Å². The molecule has 2 amide bonds. The van der Waals surface area contributed by atoms with E-state index in [1.165, 1.54) is 5.56 Å². The Balaban J connectivity index is 1.52. The molecule has 7 nitrogen and oxygen atoms in total. The van der Waals surface area contributed by atoms with Crippen LogP contribution in [-0.2, 0) is 16.1 Å². The van der Waals surface area contributed by atoms with Crippen LogP contribution >= 0.6 is 0 Å². The monoisotopic (exact) mass is 465 g/mol. The standard InChI is InChI=1S/C27H35N3O4/c1-20(31)29-9-11-30(12-10-29)27(32)24-15-23(22-7-5-4-6-8-22)18-28(19-24)17-21-13-25(33-2)16-26(14-21)34-3/h4-8,13-14,16,23-24H,9-12,15,17-19H2,1-3H3. The van der Waals surface area contributed by atoms with E-state index in [4.69, 9.17) is 9.47 Å². The van der Waals surface area contributed by atoms with Gasteiger partial charge in [-0.1, -0.05) is 30.3 Å². The van der Waals surface area contributed by atoms with E-state index >= 15 is 0 Å². The Morgan fingerprint density at radius 1 is 0.882 bits per heavy atom. The summed E-state index contributed by atoms with van der Waals surface area (Å²) < 4.78 is 10.9. The summed E-state index contributed by atoms with van der Waals surface area (Å²) in [7, 11) is 3.32. The Labute approximate surface area is 202 Å². The second-order valence-corrected chi connectivity index (χ2v) is 9.29. The molecular formula is C27H35N3O4. The first-order valence-corrected chi connectivity index (χ1v) is 12.0. The summed E-state index contributed by atoms with van der Waals surface area (Å²) in [6, 6.07) is 16.4. The van der Waals surface area contributed by atoms with E-state index in [-0.39, 0.29) is 23.7 Å². The Kier molecular flexibility index (Phi) is 7.73. The number of likely N-dealkylation sites (tertiary alicyclic amines) is 1. The van der Waals surface area contributed by atoms with Crippen molar-refractivity contribution in [3.05, 3.63) is 59.7 Å². The van der Waals surface area contributed by atoms with Gasteiger partial charge in [0.25, 0.3) is 0 Å². The van der Waals surface area contributed by atoms with E-state index in [2.05, 4.69) is 29.2 Å². The quantitative estimate of drug-likeness (QED) is 0.656. The van der Waals surface area contributed by atoms with Gasteiger partial charge in [0.15, 0.2) is 0 Å². The fourth-order valence-electron chi connectivity index (χ4n) is 5.18. The Hall–Kier alpha value is -3.06. The molecule has 7 heteroatoms. The van der Waals surface area contributed by atoms with Crippen molar-refractivity contribution in [1.29, 1.82) is 0 Å². The van der Waals surface area contributed by atoms with E-state index in [0.717, 1.165) is 36.6 Å². The van der Waals surface area contributed by atoms with Gasteiger partial charge in [-0.2, -0.15) is 0 Å². The number of nitrogens with zero attached hydrogens (tertiary/aromatic N) is 3. The molecule has 0 saturated carbocycles. The highest BCUT2D eigenvalue weighted by atomic mass is 16.5.